The lowest BCUT2D eigenvalue weighted by Crippen LogP contribution is -2.28. The second kappa shape index (κ2) is 10.0. The number of benzene rings is 2. The van der Waals surface area contributed by atoms with Crippen LogP contribution in [-0.4, -0.2) is 39.7 Å². The number of hydrogen-bond donors (Lipinski definition) is 1. The Balaban J connectivity index is 1.74. The number of hydrogen-bond acceptors (Lipinski definition) is 5. The van der Waals surface area contributed by atoms with Gasteiger partial charge in [-0.25, -0.2) is 4.79 Å². The van der Waals surface area contributed by atoms with Crippen LogP contribution in [0.1, 0.15) is 11.1 Å². The van der Waals surface area contributed by atoms with Crippen molar-refractivity contribution in [1.29, 1.82) is 0 Å². The third-order valence-electron chi connectivity index (χ3n) is 3.79. The Morgan fingerprint density at radius 2 is 1.85 bits per heavy atom. The van der Waals surface area contributed by atoms with Crippen LogP contribution in [0.2, 0.25) is 0 Å². The summed E-state index contributed by atoms with van der Waals surface area (Å²) in [4.78, 5) is 25.5. The van der Waals surface area contributed by atoms with E-state index in [0.29, 0.717) is 12.3 Å². The molecule has 2 aromatic carbocycles. The van der Waals surface area contributed by atoms with E-state index in [2.05, 4.69) is 5.32 Å². The molecule has 0 aliphatic rings. The minimum atomic E-state index is -0.580. The maximum Gasteiger partial charge on any atom is 0.331 e. The summed E-state index contributed by atoms with van der Waals surface area (Å²) in [6, 6.07) is 15.1. The molecule has 142 valence electrons. The predicted molar refractivity (Wildman–Crippen MR) is 106 cm³/mol. The quantitative estimate of drug-likeness (QED) is 0.573. The number of carbonyl (C=O) groups is 2. The van der Waals surface area contributed by atoms with Crippen molar-refractivity contribution in [2.75, 3.05) is 32.7 Å². The molecule has 0 bridgehead atoms. The van der Waals surface area contributed by atoms with Crippen LogP contribution in [0.5, 0.6) is 5.75 Å². The largest absolute Gasteiger partial charge is 0.497 e. The first-order valence-electron chi connectivity index (χ1n) is 8.50. The highest BCUT2D eigenvalue weighted by Gasteiger charge is 2.05. The third-order valence-corrected chi connectivity index (χ3v) is 3.79. The molecule has 2 aromatic rings. The fourth-order valence-corrected chi connectivity index (χ4v) is 2.26. The molecule has 0 fully saturated rings. The molecule has 0 spiro atoms. The van der Waals surface area contributed by atoms with Gasteiger partial charge in [-0.1, -0.05) is 24.3 Å². The third kappa shape index (κ3) is 6.86. The van der Waals surface area contributed by atoms with E-state index in [1.54, 1.807) is 19.3 Å². The molecule has 0 unspecified atom stereocenters. The molecule has 6 heteroatoms. The van der Waals surface area contributed by atoms with Crippen LogP contribution in [0.3, 0.4) is 0 Å². The smallest absolute Gasteiger partial charge is 0.331 e. The van der Waals surface area contributed by atoms with Crippen LogP contribution in [-0.2, 0) is 20.9 Å². The van der Waals surface area contributed by atoms with Crippen LogP contribution in [0.15, 0.2) is 54.6 Å². The Kier molecular flexibility index (Phi) is 7.43. The van der Waals surface area contributed by atoms with Gasteiger partial charge in [0.05, 0.1) is 7.11 Å². The van der Waals surface area contributed by atoms with Gasteiger partial charge in [0.1, 0.15) is 5.75 Å². The molecule has 0 saturated heterocycles. The lowest BCUT2D eigenvalue weighted by molar-refractivity contribution is -0.143. The first-order chi connectivity index (χ1) is 13.0. The zero-order chi connectivity index (χ0) is 19.6. The lowest BCUT2D eigenvalue weighted by Gasteiger charge is -2.12. The van der Waals surface area contributed by atoms with Gasteiger partial charge in [-0.05, 0) is 41.5 Å². The summed E-state index contributed by atoms with van der Waals surface area (Å²) in [6.45, 7) is 0.0564. The van der Waals surface area contributed by atoms with E-state index in [4.69, 9.17) is 9.47 Å². The van der Waals surface area contributed by atoms with E-state index in [-0.39, 0.29) is 12.5 Å². The summed E-state index contributed by atoms with van der Waals surface area (Å²) >= 11 is 0. The van der Waals surface area contributed by atoms with Crippen LogP contribution in [0.4, 0.5) is 5.69 Å². The molecule has 0 atom stereocenters. The van der Waals surface area contributed by atoms with Crippen molar-refractivity contribution in [2.45, 2.75) is 6.54 Å². The van der Waals surface area contributed by atoms with E-state index in [9.17, 15) is 9.59 Å². The Hall–Kier alpha value is -3.28. The molecule has 0 saturated carbocycles. The molecule has 0 aliphatic carbocycles. The van der Waals surface area contributed by atoms with Crippen molar-refractivity contribution in [1.82, 2.24) is 5.32 Å². The van der Waals surface area contributed by atoms with Gasteiger partial charge < -0.3 is 19.7 Å². The standard InChI is InChI=1S/C21H24N2O4/c1-23(2)18-10-7-17(8-11-18)14-22-20(24)15-27-21(25)12-9-16-5-4-6-19(13-16)26-3/h4-13H,14-15H2,1-3H3,(H,22,24)/b12-9+. The minimum Gasteiger partial charge on any atom is -0.497 e. The molecule has 1 amide bonds. The normalized spacial score (nSPS) is 10.5. The zero-order valence-electron chi connectivity index (χ0n) is 15.8. The number of methoxy groups -OCH3 is 1. The van der Waals surface area contributed by atoms with E-state index >= 15 is 0 Å². The number of carbonyl (C=O) groups excluding carboxylic acids is 2. The Morgan fingerprint density at radius 3 is 2.52 bits per heavy atom. The first kappa shape index (κ1) is 20.0. The van der Waals surface area contributed by atoms with Gasteiger partial charge in [-0.3, -0.25) is 4.79 Å². The summed E-state index contributed by atoms with van der Waals surface area (Å²) in [7, 11) is 5.51. The van der Waals surface area contributed by atoms with Crippen molar-refractivity contribution < 1.29 is 19.1 Å². The number of ether oxygens (including phenoxy) is 2. The van der Waals surface area contributed by atoms with Gasteiger partial charge >= 0.3 is 5.97 Å². The Labute approximate surface area is 159 Å². The van der Waals surface area contributed by atoms with Crippen LogP contribution < -0.4 is 15.0 Å². The van der Waals surface area contributed by atoms with Crippen molar-refractivity contribution in [2.24, 2.45) is 0 Å². The SMILES string of the molecule is COc1cccc(/C=C/C(=O)OCC(=O)NCc2ccc(N(C)C)cc2)c1. The highest BCUT2D eigenvalue weighted by molar-refractivity contribution is 5.89. The molecule has 0 aliphatic heterocycles. The van der Waals surface area contributed by atoms with Crippen LogP contribution in [0, 0.1) is 0 Å². The summed E-state index contributed by atoms with van der Waals surface area (Å²) in [6.07, 6.45) is 2.89. The molecule has 0 radical (unpaired) electrons. The molecular formula is C21H24N2O4. The number of rotatable bonds is 8. The molecule has 6 nitrogen and oxygen atoms in total. The van der Waals surface area contributed by atoms with Crippen LogP contribution in [0.25, 0.3) is 6.08 Å². The molecule has 0 heterocycles. The van der Waals surface area contributed by atoms with Crippen molar-refractivity contribution in [3.8, 4) is 5.75 Å². The van der Waals surface area contributed by atoms with E-state index in [1.807, 2.05) is 61.5 Å². The molecule has 0 aromatic heterocycles. The van der Waals surface area contributed by atoms with Gasteiger partial charge in [-0.15, -0.1) is 0 Å². The van der Waals surface area contributed by atoms with Crippen LogP contribution >= 0.6 is 0 Å². The van der Waals surface area contributed by atoms with Gasteiger partial charge in [-0.2, -0.15) is 0 Å². The fourth-order valence-electron chi connectivity index (χ4n) is 2.26. The second-order valence-electron chi connectivity index (χ2n) is 6.06. The summed E-state index contributed by atoms with van der Waals surface area (Å²) in [5, 5.41) is 2.72. The van der Waals surface area contributed by atoms with Gasteiger partial charge in [0.15, 0.2) is 6.61 Å². The Morgan fingerprint density at radius 1 is 1.11 bits per heavy atom. The zero-order valence-corrected chi connectivity index (χ0v) is 15.8. The molecule has 1 N–H and O–H groups in total. The van der Waals surface area contributed by atoms with Crippen molar-refractivity contribution in [3.63, 3.8) is 0 Å². The topological polar surface area (TPSA) is 67.9 Å². The van der Waals surface area contributed by atoms with Crippen molar-refractivity contribution in [3.05, 3.63) is 65.7 Å². The molecule has 27 heavy (non-hydrogen) atoms. The summed E-state index contributed by atoms with van der Waals surface area (Å²) in [5.74, 6) is -0.235. The Bertz CT molecular complexity index is 798. The van der Waals surface area contributed by atoms with E-state index in [0.717, 1.165) is 16.8 Å². The average Bonchev–Trinajstić information content (AvgIpc) is 2.69. The average molecular weight is 368 g/mol. The molecular weight excluding hydrogens is 344 g/mol. The first-order valence-corrected chi connectivity index (χ1v) is 8.50. The van der Waals surface area contributed by atoms with Crippen molar-refractivity contribution >= 4 is 23.6 Å². The highest BCUT2D eigenvalue weighted by Crippen LogP contribution is 2.14. The number of amides is 1. The van der Waals surface area contributed by atoms with Gasteiger partial charge in [0.2, 0.25) is 0 Å². The maximum absolute atomic E-state index is 11.8. The van der Waals surface area contributed by atoms with E-state index in [1.165, 1.54) is 6.08 Å². The van der Waals surface area contributed by atoms with E-state index < -0.39 is 5.97 Å². The second-order valence-corrected chi connectivity index (χ2v) is 6.06. The molecule has 2 rings (SSSR count). The highest BCUT2D eigenvalue weighted by atomic mass is 16.5. The number of esters is 1. The summed E-state index contributed by atoms with van der Waals surface area (Å²) < 4.78 is 10.1. The number of anilines is 1. The monoisotopic (exact) mass is 368 g/mol. The number of nitrogens with zero attached hydrogens (tertiary/aromatic N) is 1. The van der Waals surface area contributed by atoms with Gasteiger partial charge in [0, 0.05) is 32.4 Å². The summed E-state index contributed by atoms with van der Waals surface area (Å²) in [5.41, 5.74) is 2.86. The minimum absolute atomic E-state index is 0.322. The number of nitrogens with one attached hydrogen (secondary N) is 1. The maximum atomic E-state index is 11.8. The lowest BCUT2D eigenvalue weighted by atomic mass is 10.2. The fraction of sp³-hybridized carbons (Fsp3) is 0.238. The predicted octanol–water partition coefficient (Wildman–Crippen LogP) is 2.63. The van der Waals surface area contributed by atoms with Gasteiger partial charge in [0.25, 0.3) is 5.91 Å².